The second-order valence-corrected chi connectivity index (χ2v) is 5.76. The minimum absolute atomic E-state index is 0.0471. The molecule has 3 nitrogen and oxygen atoms in total. The van der Waals surface area contributed by atoms with Gasteiger partial charge in [-0.1, -0.05) is 48.0 Å². The van der Waals surface area contributed by atoms with Gasteiger partial charge in [0.1, 0.15) is 11.6 Å². The Labute approximate surface area is 144 Å². The number of carbonyl (C=O) groups excluding carboxylic acids is 1. The molecular formula is C19H15ClFNO2. The van der Waals surface area contributed by atoms with Gasteiger partial charge in [-0.3, -0.25) is 4.79 Å². The summed E-state index contributed by atoms with van der Waals surface area (Å²) in [5.74, 6) is -0.495. The maximum atomic E-state index is 13.2. The lowest BCUT2D eigenvalue weighted by Crippen LogP contribution is -2.30. The SMILES string of the molecule is C[C@@H](Oc1ccc(F)c(Cl)c1)C(=O)Nc1cccc2ccccc12. The third-order valence-electron chi connectivity index (χ3n) is 3.62. The Kier molecular flexibility index (Phi) is 4.67. The number of rotatable bonds is 4. The molecule has 24 heavy (non-hydrogen) atoms. The van der Waals surface area contributed by atoms with Gasteiger partial charge in [0.05, 0.1) is 5.02 Å². The first kappa shape index (κ1) is 16.3. The van der Waals surface area contributed by atoms with E-state index < -0.39 is 11.9 Å². The Bertz CT molecular complexity index is 892. The molecule has 0 aromatic heterocycles. The van der Waals surface area contributed by atoms with Crippen LogP contribution in [0.4, 0.5) is 10.1 Å². The van der Waals surface area contributed by atoms with Crippen LogP contribution in [0.25, 0.3) is 10.8 Å². The number of nitrogens with one attached hydrogen (secondary N) is 1. The lowest BCUT2D eigenvalue weighted by atomic mass is 10.1. The van der Waals surface area contributed by atoms with E-state index in [2.05, 4.69) is 5.32 Å². The second kappa shape index (κ2) is 6.89. The van der Waals surface area contributed by atoms with Crippen LogP contribution in [0.15, 0.2) is 60.7 Å². The molecule has 0 aliphatic carbocycles. The number of carbonyl (C=O) groups is 1. The maximum absolute atomic E-state index is 13.2. The van der Waals surface area contributed by atoms with Crippen LogP contribution in [0.5, 0.6) is 5.75 Å². The van der Waals surface area contributed by atoms with Gasteiger partial charge in [-0.15, -0.1) is 0 Å². The number of halogens is 2. The highest BCUT2D eigenvalue weighted by Crippen LogP contribution is 2.24. The number of anilines is 1. The maximum Gasteiger partial charge on any atom is 0.265 e. The highest BCUT2D eigenvalue weighted by Gasteiger charge is 2.16. The molecule has 0 unspecified atom stereocenters. The van der Waals surface area contributed by atoms with E-state index in [1.807, 2.05) is 42.5 Å². The molecule has 3 rings (SSSR count). The van der Waals surface area contributed by atoms with Gasteiger partial charge < -0.3 is 10.1 Å². The summed E-state index contributed by atoms with van der Waals surface area (Å²) in [6.45, 7) is 1.62. The fourth-order valence-corrected chi connectivity index (χ4v) is 2.55. The van der Waals surface area contributed by atoms with Crippen LogP contribution < -0.4 is 10.1 Å². The molecule has 5 heteroatoms. The first-order chi connectivity index (χ1) is 11.5. The van der Waals surface area contributed by atoms with Crippen LogP contribution in [0.3, 0.4) is 0 Å². The van der Waals surface area contributed by atoms with Crippen molar-refractivity contribution >= 4 is 34.0 Å². The molecule has 1 N–H and O–H groups in total. The number of amides is 1. The van der Waals surface area contributed by atoms with Gasteiger partial charge in [-0.2, -0.15) is 0 Å². The Morgan fingerprint density at radius 2 is 1.88 bits per heavy atom. The van der Waals surface area contributed by atoms with Crippen LogP contribution in [0, 0.1) is 5.82 Å². The normalized spacial score (nSPS) is 12.0. The summed E-state index contributed by atoms with van der Waals surface area (Å²) in [6, 6.07) is 17.4. The lowest BCUT2D eigenvalue weighted by Gasteiger charge is -2.16. The van der Waals surface area contributed by atoms with E-state index in [1.54, 1.807) is 6.92 Å². The van der Waals surface area contributed by atoms with Crippen molar-refractivity contribution in [2.75, 3.05) is 5.32 Å². The molecule has 1 amide bonds. The van der Waals surface area contributed by atoms with Gasteiger partial charge in [-0.05, 0) is 30.5 Å². The molecule has 3 aromatic rings. The zero-order chi connectivity index (χ0) is 17.1. The fraction of sp³-hybridized carbons (Fsp3) is 0.105. The Balaban J connectivity index is 1.75. The highest BCUT2D eigenvalue weighted by molar-refractivity contribution is 6.30. The Morgan fingerprint density at radius 1 is 1.12 bits per heavy atom. The van der Waals surface area contributed by atoms with E-state index in [0.29, 0.717) is 11.4 Å². The van der Waals surface area contributed by atoms with Crippen molar-refractivity contribution in [2.24, 2.45) is 0 Å². The molecule has 0 fully saturated rings. The summed E-state index contributed by atoms with van der Waals surface area (Å²) in [6.07, 6.45) is -0.759. The molecule has 0 saturated heterocycles. The van der Waals surface area contributed by atoms with Crippen molar-refractivity contribution in [1.82, 2.24) is 0 Å². The van der Waals surface area contributed by atoms with Crippen molar-refractivity contribution in [2.45, 2.75) is 13.0 Å². The molecule has 1 atom stereocenters. The summed E-state index contributed by atoms with van der Waals surface area (Å²) in [7, 11) is 0. The van der Waals surface area contributed by atoms with E-state index in [4.69, 9.17) is 16.3 Å². The number of hydrogen-bond donors (Lipinski definition) is 1. The summed E-state index contributed by atoms with van der Waals surface area (Å²) in [4.78, 5) is 12.4. The van der Waals surface area contributed by atoms with E-state index >= 15 is 0 Å². The molecule has 3 aromatic carbocycles. The van der Waals surface area contributed by atoms with Crippen molar-refractivity contribution < 1.29 is 13.9 Å². The van der Waals surface area contributed by atoms with Crippen LogP contribution in [-0.2, 0) is 4.79 Å². The number of ether oxygens (including phenoxy) is 1. The average molecular weight is 344 g/mol. The molecule has 0 saturated carbocycles. The highest BCUT2D eigenvalue weighted by atomic mass is 35.5. The Hall–Kier alpha value is -2.59. The van der Waals surface area contributed by atoms with E-state index in [9.17, 15) is 9.18 Å². The molecule has 0 aliphatic heterocycles. The van der Waals surface area contributed by atoms with Gasteiger partial charge in [0.15, 0.2) is 6.10 Å². The molecule has 0 radical (unpaired) electrons. The Morgan fingerprint density at radius 3 is 2.67 bits per heavy atom. The van der Waals surface area contributed by atoms with Crippen LogP contribution in [0.1, 0.15) is 6.92 Å². The zero-order valence-corrected chi connectivity index (χ0v) is 13.7. The van der Waals surface area contributed by atoms with Crippen molar-refractivity contribution in [1.29, 1.82) is 0 Å². The molecule has 0 aliphatic rings. The average Bonchev–Trinajstić information content (AvgIpc) is 2.58. The quantitative estimate of drug-likeness (QED) is 0.720. The van der Waals surface area contributed by atoms with Crippen LogP contribution >= 0.6 is 11.6 Å². The van der Waals surface area contributed by atoms with E-state index in [0.717, 1.165) is 10.8 Å². The molecule has 0 heterocycles. The molecule has 0 bridgehead atoms. The minimum atomic E-state index is -0.759. The zero-order valence-electron chi connectivity index (χ0n) is 12.9. The second-order valence-electron chi connectivity index (χ2n) is 5.35. The predicted octanol–water partition coefficient (Wildman–Crippen LogP) is 5.04. The number of benzene rings is 3. The third-order valence-corrected chi connectivity index (χ3v) is 3.91. The summed E-state index contributed by atoms with van der Waals surface area (Å²) >= 11 is 5.72. The topological polar surface area (TPSA) is 38.3 Å². The molecule has 0 spiro atoms. The first-order valence-corrected chi connectivity index (χ1v) is 7.83. The summed E-state index contributed by atoms with van der Waals surface area (Å²) in [5, 5.41) is 4.80. The largest absolute Gasteiger partial charge is 0.481 e. The van der Waals surface area contributed by atoms with Crippen molar-refractivity contribution in [3.05, 3.63) is 71.5 Å². The van der Waals surface area contributed by atoms with Gasteiger partial charge in [0.2, 0.25) is 0 Å². The molecular weight excluding hydrogens is 329 g/mol. The monoisotopic (exact) mass is 343 g/mol. The van der Waals surface area contributed by atoms with E-state index in [-0.39, 0.29) is 10.9 Å². The number of fused-ring (bicyclic) bond motifs is 1. The third kappa shape index (κ3) is 3.49. The first-order valence-electron chi connectivity index (χ1n) is 7.45. The molecule has 122 valence electrons. The van der Waals surface area contributed by atoms with Gasteiger partial charge in [0, 0.05) is 17.1 Å². The predicted molar refractivity (Wildman–Crippen MR) is 94.1 cm³/mol. The van der Waals surface area contributed by atoms with Crippen LogP contribution in [-0.4, -0.2) is 12.0 Å². The van der Waals surface area contributed by atoms with Crippen molar-refractivity contribution in [3.63, 3.8) is 0 Å². The smallest absolute Gasteiger partial charge is 0.265 e. The van der Waals surface area contributed by atoms with Gasteiger partial charge in [0.25, 0.3) is 5.91 Å². The summed E-state index contributed by atoms with van der Waals surface area (Å²) in [5.41, 5.74) is 0.714. The van der Waals surface area contributed by atoms with Crippen molar-refractivity contribution in [3.8, 4) is 5.75 Å². The fourth-order valence-electron chi connectivity index (χ4n) is 2.38. The van der Waals surface area contributed by atoms with Gasteiger partial charge in [-0.25, -0.2) is 4.39 Å². The van der Waals surface area contributed by atoms with E-state index in [1.165, 1.54) is 18.2 Å². The van der Waals surface area contributed by atoms with Gasteiger partial charge >= 0.3 is 0 Å². The van der Waals surface area contributed by atoms with Crippen LogP contribution in [0.2, 0.25) is 5.02 Å². The number of hydrogen-bond acceptors (Lipinski definition) is 2. The summed E-state index contributed by atoms with van der Waals surface area (Å²) < 4.78 is 18.7. The standard InChI is InChI=1S/C19H15ClFNO2/c1-12(24-14-9-10-17(21)16(20)11-14)19(23)22-18-8-4-6-13-5-2-3-7-15(13)18/h2-12H,1H3,(H,22,23)/t12-/m1/s1. The minimum Gasteiger partial charge on any atom is -0.481 e. The lowest BCUT2D eigenvalue weighted by molar-refractivity contribution is -0.122.